The molecule has 0 fully saturated rings. The smallest absolute Gasteiger partial charge is 0.147 e. The molecule has 20 heavy (non-hydrogen) atoms. The van der Waals surface area contributed by atoms with Crippen molar-refractivity contribution in [1.82, 2.24) is 0 Å². The number of halogens is 2. The van der Waals surface area contributed by atoms with Gasteiger partial charge >= 0.3 is 0 Å². The Kier molecular flexibility index (Phi) is 3.66. The molecular formula is C17H17ClFN. The van der Waals surface area contributed by atoms with Gasteiger partial charge in [-0.15, -0.1) is 0 Å². The Morgan fingerprint density at radius 1 is 1.05 bits per heavy atom. The first-order chi connectivity index (χ1) is 9.66. The van der Waals surface area contributed by atoms with E-state index in [1.54, 1.807) is 12.1 Å². The van der Waals surface area contributed by atoms with Gasteiger partial charge in [-0.3, -0.25) is 0 Å². The fourth-order valence-corrected chi connectivity index (χ4v) is 3.18. The molecule has 0 aliphatic heterocycles. The highest BCUT2D eigenvalue weighted by Gasteiger charge is 2.25. The van der Waals surface area contributed by atoms with E-state index >= 15 is 0 Å². The highest BCUT2D eigenvalue weighted by atomic mass is 35.5. The van der Waals surface area contributed by atoms with Gasteiger partial charge in [0.05, 0.1) is 16.8 Å². The molecule has 0 bridgehead atoms. The van der Waals surface area contributed by atoms with Crippen LogP contribution >= 0.6 is 11.6 Å². The first kappa shape index (κ1) is 13.4. The molecule has 2 aromatic rings. The highest BCUT2D eigenvalue weighted by Crippen LogP contribution is 2.40. The molecule has 1 aliphatic carbocycles. The molecule has 1 N–H and O–H groups in total. The largest absolute Gasteiger partial charge is 0.375 e. The minimum Gasteiger partial charge on any atom is -0.375 e. The van der Waals surface area contributed by atoms with E-state index in [0.717, 1.165) is 12.8 Å². The number of benzene rings is 2. The second-order valence-corrected chi connectivity index (χ2v) is 5.81. The zero-order valence-corrected chi connectivity index (χ0v) is 12.1. The average molecular weight is 290 g/mol. The summed E-state index contributed by atoms with van der Waals surface area (Å²) >= 11 is 6.10. The minimum absolute atomic E-state index is 0.122. The van der Waals surface area contributed by atoms with E-state index in [-0.39, 0.29) is 11.9 Å². The summed E-state index contributed by atoms with van der Waals surface area (Å²) in [6.07, 6.45) is 2.09. The first-order valence-corrected chi connectivity index (χ1v) is 7.34. The van der Waals surface area contributed by atoms with Gasteiger partial charge in [-0.05, 0) is 42.0 Å². The molecule has 1 aliphatic rings. The van der Waals surface area contributed by atoms with Gasteiger partial charge in [0, 0.05) is 0 Å². The van der Waals surface area contributed by atoms with Crippen molar-refractivity contribution in [2.45, 2.75) is 31.7 Å². The van der Waals surface area contributed by atoms with Crippen molar-refractivity contribution in [3.63, 3.8) is 0 Å². The fraction of sp³-hybridized carbons (Fsp3) is 0.294. The van der Waals surface area contributed by atoms with Crippen LogP contribution in [0.4, 0.5) is 10.1 Å². The number of hydrogen-bond donors (Lipinski definition) is 1. The van der Waals surface area contributed by atoms with E-state index in [4.69, 9.17) is 11.6 Å². The van der Waals surface area contributed by atoms with Crippen molar-refractivity contribution in [1.29, 1.82) is 0 Å². The van der Waals surface area contributed by atoms with Gasteiger partial charge in [0.15, 0.2) is 0 Å². The summed E-state index contributed by atoms with van der Waals surface area (Å²) in [6, 6.07) is 13.3. The summed E-state index contributed by atoms with van der Waals surface area (Å²) in [5.41, 5.74) is 3.01. The zero-order valence-electron chi connectivity index (χ0n) is 11.4. The average Bonchev–Trinajstić information content (AvgIpc) is 2.46. The van der Waals surface area contributed by atoms with E-state index in [1.165, 1.54) is 17.2 Å². The molecule has 0 aromatic heterocycles. The number of hydrogen-bond acceptors (Lipinski definition) is 1. The summed E-state index contributed by atoms with van der Waals surface area (Å²) in [4.78, 5) is 0. The molecule has 0 spiro atoms. The van der Waals surface area contributed by atoms with E-state index in [2.05, 4.69) is 30.4 Å². The Balaban J connectivity index is 1.95. The molecule has 3 heteroatoms. The van der Waals surface area contributed by atoms with Gasteiger partial charge in [0.2, 0.25) is 0 Å². The lowest BCUT2D eigenvalue weighted by Gasteiger charge is -2.31. The molecule has 104 valence electrons. The van der Waals surface area contributed by atoms with Crippen LogP contribution in [0.5, 0.6) is 0 Å². The van der Waals surface area contributed by atoms with Crippen molar-refractivity contribution in [3.8, 4) is 0 Å². The molecule has 2 unspecified atom stereocenters. The molecule has 2 aromatic carbocycles. The van der Waals surface area contributed by atoms with Crippen LogP contribution in [0.1, 0.15) is 42.9 Å². The lowest BCUT2D eigenvalue weighted by molar-refractivity contribution is 0.531. The lowest BCUT2D eigenvalue weighted by atomic mass is 9.81. The van der Waals surface area contributed by atoms with Crippen LogP contribution in [0.3, 0.4) is 0 Å². The van der Waals surface area contributed by atoms with Crippen LogP contribution in [-0.2, 0) is 0 Å². The maximum atomic E-state index is 13.9. The molecule has 0 heterocycles. The van der Waals surface area contributed by atoms with Gasteiger partial charge in [0.1, 0.15) is 5.82 Å². The SMILES string of the molecule is CC1CCC(Nc2c(F)cccc2Cl)c2ccccc21. The first-order valence-electron chi connectivity index (χ1n) is 6.96. The van der Waals surface area contributed by atoms with Crippen LogP contribution in [-0.4, -0.2) is 0 Å². The lowest BCUT2D eigenvalue weighted by Crippen LogP contribution is -2.19. The summed E-state index contributed by atoms with van der Waals surface area (Å²) in [5.74, 6) is 0.258. The summed E-state index contributed by atoms with van der Waals surface area (Å²) in [6.45, 7) is 2.24. The highest BCUT2D eigenvalue weighted by molar-refractivity contribution is 6.33. The molecule has 1 nitrogen and oxygen atoms in total. The van der Waals surface area contributed by atoms with Crippen molar-refractivity contribution in [2.24, 2.45) is 0 Å². The van der Waals surface area contributed by atoms with Crippen LogP contribution in [0.25, 0.3) is 0 Å². The fourth-order valence-electron chi connectivity index (χ4n) is 2.96. The Bertz CT molecular complexity index is 606. The van der Waals surface area contributed by atoms with Crippen molar-refractivity contribution in [2.75, 3.05) is 5.32 Å². The number of para-hydroxylation sites is 1. The molecule has 2 atom stereocenters. The van der Waals surface area contributed by atoms with Crippen LogP contribution < -0.4 is 5.32 Å². The third-order valence-electron chi connectivity index (χ3n) is 4.07. The van der Waals surface area contributed by atoms with Crippen molar-refractivity contribution < 1.29 is 4.39 Å². The van der Waals surface area contributed by atoms with E-state index in [1.807, 2.05) is 6.07 Å². The van der Waals surface area contributed by atoms with Gasteiger partial charge < -0.3 is 5.32 Å². The monoisotopic (exact) mass is 289 g/mol. The predicted molar refractivity (Wildman–Crippen MR) is 81.9 cm³/mol. The maximum Gasteiger partial charge on any atom is 0.147 e. The third-order valence-corrected chi connectivity index (χ3v) is 4.39. The van der Waals surface area contributed by atoms with Gasteiger partial charge in [-0.25, -0.2) is 4.39 Å². The molecule has 3 rings (SSSR count). The van der Waals surface area contributed by atoms with Crippen molar-refractivity contribution >= 4 is 17.3 Å². The van der Waals surface area contributed by atoms with E-state index < -0.39 is 0 Å². The summed E-state index contributed by atoms with van der Waals surface area (Å²) < 4.78 is 13.9. The Morgan fingerprint density at radius 3 is 2.55 bits per heavy atom. The van der Waals surface area contributed by atoms with Crippen LogP contribution in [0.2, 0.25) is 5.02 Å². The maximum absolute atomic E-state index is 13.9. The summed E-state index contributed by atoms with van der Waals surface area (Å²) in [5, 5.41) is 3.72. The van der Waals surface area contributed by atoms with Gasteiger partial charge in [-0.1, -0.05) is 48.9 Å². The second kappa shape index (κ2) is 5.45. The topological polar surface area (TPSA) is 12.0 Å². The normalized spacial score (nSPS) is 21.4. The minimum atomic E-state index is -0.298. The molecule has 0 radical (unpaired) electrons. The molecule has 0 saturated heterocycles. The quantitative estimate of drug-likeness (QED) is 0.766. The second-order valence-electron chi connectivity index (χ2n) is 5.40. The number of rotatable bonds is 2. The predicted octanol–water partition coefficient (Wildman–Crippen LogP) is 5.53. The van der Waals surface area contributed by atoms with Crippen molar-refractivity contribution in [3.05, 3.63) is 64.4 Å². The number of nitrogens with one attached hydrogen (secondary N) is 1. The standard InChI is InChI=1S/C17H17ClFN/c1-11-9-10-16(13-6-3-2-5-12(11)13)20-17-14(18)7-4-8-15(17)19/h2-8,11,16,20H,9-10H2,1H3. The number of anilines is 1. The van der Waals surface area contributed by atoms with Crippen LogP contribution in [0, 0.1) is 5.82 Å². The molecule has 0 amide bonds. The van der Waals surface area contributed by atoms with E-state index in [0.29, 0.717) is 16.6 Å². The van der Waals surface area contributed by atoms with E-state index in [9.17, 15) is 4.39 Å². The number of fused-ring (bicyclic) bond motifs is 1. The van der Waals surface area contributed by atoms with Gasteiger partial charge in [0.25, 0.3) is 0 Å². The third kappa shape index (κ3) is 2.40. The zero-order chi connectivity index (χ0) is 14.1. The summed E-state index contributed by atoms with van der Waals surface area (Å²) in [7, 11) is 0. The van der Waals surface area contributed by atoms with Crippen LogP contribution in [0.15, 0.2) is 42.5 Å². The Labute approximate surface area is 123 Å². The Morgan fingerprint density at radius 2 is 1.80 bits per heavy atom. The Hall–Kier alpha value is -1.54. The molecule has 0 saturated carbocycles. The molecular weight excluding hydrogens is 273 g/mol. The van der Waals surface area contributed by atoms with Gasteiger partial charge in [-0.2, -0.15) is 0 Å².